The van der Waals surface area contributed by atoms with Crippen LogP contribution in [0.4, 0.5) is 4.39 Å². The summed E-state index contributed by atoms with van der Waals surface area (Å²) in [6, 6.07) is 12.7. The molecule has 0 aliphatic carbocycles. The van der Waals surface area contributed by atoms with Crippen molar-refractivity contribution in [3.8, 4) is 0 Å². The van der Waals surface area contributed by atoms with E-state index in [0.29, 0.717) is 12.0 Å². The fraction of sp³-hybridized carbons (Fsp3) is 0.200. The van der Waals surface area contributed by atoms with Crippen molar-refractivity contribution < 1.29 is 12.8 Å². The number of nitrogens with two attached hydrogens (primary N) is 1. The maximum Gasteiger partial charge on any atom is 0.240 e. The van der Waals surface area contributed by atoms with E-state index in [1.807, 2.05) is 0 Å². The molecule has 0 fully saturated rings. The van der Waals surface area contributed by atoms with E-state index >= 15 is 0 Å². The Hall–Kier alpha value is -1.76. The van der Waals surface area contributed by atoms with Crippen LogP contribution in [-0.2, 0) is 23.0 Å². The van der Waals surface area contributed by atoms with Crippen LogP contribution in [-0.4, -0.2) is 15.0 Å². The average molecular weight is 308 g/mol. The molecule has 0 saturated carbocycles. The van der Waals surface area contributed by atoms with Gasteiger partial charge in [-0.3, -0.25) is 0 Å². The maximum absolute atomic E-state index is 13.0. The smallest absolute Gasteiger partial charge is 0.240 e. The van der Waals surface area contributed by atoms with E-state index in [2.05, 4.69) is 4.72 Å². The first-order valence-electron chi connectivity index (χ1n) is 6.55. The molecule has 0 bridgehead atoms. The van der Waals surface area contributed by atoms with E-state index in [9.17, 15) is 12.8 Å². The Morgan fingerprint density at radius 3 is 2.57 bits per heavy atom. The third kappa shape index (κ3) is 4.10. The topological polar surface area (TPSA) is 72.2 Å². The largest absolute Gasteiger partial charge is 0.326 e. The molecule has 0 heterocycles. The van der Waals surface area contributed by atoms with Crippen molar-refractivity contribution in [2.45, 2.75) is 17.9 Å². The summed E-state index contributed by atoms with van der Waals surface area (Å²) in [5.41, 5.74) is 6.86. The van der Waals surface area contributed by atoms with Crippen molar-refractivity contribution in [1.29, 1.82) is 0 Å². The molecule has 0 spiro atoms. The lowest BCUT2D eigenvalue weighted by Gasteiger charge is -2.10. The summed E-state index contributed by atoms with van der Waals surface area (Å²) in [6.07, 6.45) is 0.418. The number of rotatable bonds is 6. The molecular weight excluding hydrogens is 291 g/mol. The number of halogens is 1. The van der Waals surface area contributed by atoms with Gasteiger partial charge >= 0.3 is 0 Å². The summed E-state index contributed by atoms with van der Waals surface area (Å²) < 4.78 is 40.0. The van der Waals surface area contributed by atoms with Crippen LogP contribution in [0.5, 0.6) is 0 Å². The van der Waals surface area contributed by atoms with Crippen LogP contribution in [0.2, 0.25) is 0 Å². The van der Waals surface area contributed by atoms with Gasteiger partial charge in [-0.15, -0.1) is 0 Å². The Bertz CT molecular complexity index is 717. The van der Waals surface area contributed by atoms with Gasteiger partial charge in [0.25, 0.3) is 0 Å². The summed E-state index contributed by atoms with van der Waals surface area (Å²) in [6.45, 7) is 0.353. The molecule has 2 aromatic rings. The van der Waals surface area contributed by atoms with Gasteiger partial charge in [-0.05, 0) is 35.7 Å². The van der Waals surface area contributed by atoms with E-state index in [0.717, 1.165) is 5.56 Å². The van der Waals surface area contributed by atoms with Crippen LogP contribution in [0.1, 0.15) is 11.1 Å². The first kappa shape index (κ1) is 15.6. The second-order valence-corrected chi connectivity index (χ2v) is 6.32. The van der Waals surface area contributed by atoms with Crippen molar-refractivity contribution in [3.05, 3.63) is 65.5 Å². The normalized spacial score (nSPS) is 11.5. The molecule has 0 unspecified atom stereocenters. The van der Waals surface area contributed by atoms with Gasteiger partial charge in [0.15, 0.2) is 0 Å². The summed E-state index contributed by atoms with van der Waals surface area (Å²) in [5, 5.41) is 0. The lowest BCUT2D eigenvalue weighted by molar-refractivity contribution is 0.580. The number of hydrogen-bond acceptors (Lipinski definition) is 3. The molecule has 4 nitrogen and oxygen atoms in total. The third-order valence-corrected chi connectivity index (χ3v) is 4.64. The van der Waals surface area contributed by atoms with Crippen LogP contribution < -0.4 is 10.5 Å². The first-order chi connectivity index (χ1) is 10.0. The Balaban J connectivity index is 2.05. The minimum absolute atomic E-state index is 0.154. The molecule has 0 aromatic heterocycles. The highest BCUT2D eigenvalue weighted by atomic mass is 32.2. The van der Waals surface area contributed by atoms with Crippen molar-refractivity contribution in [1.82, 2.24) is 4.72 Å². The zero-order valence-corrected chi connectivity index (χ0v) is 12.2. The molecule has 3 N–H and O–H groups in total. The molecule has 0 radical (unpaired) electrons. The van der Waals surface area contributed by atoms with Gasteiger partial charge < -0.3 is 5.73 Å². The highest BCUT2D eigenvalue weighted by Crippen LogP contribution is 2.14. The minimum Gasteiger partial charge on any atom is -0.326 e. The van der Waals surface area contributed by atoms with Gasteiger partial charge in [0.2, 0.25) is 10.0 Å². The summed E-state index contributed by atoms with van der Waals surface area (Å²) in [4.78, 5) is 0.187. The summed E-state index contributed by atoms with van der Waals surface area (Å²) in [5.74, 6) is -0.330. The average Bonchev–Trinajstić information content (AvgIpc) is 2.47. The lowest BCUT2D eigenvalue weighted by atomic mass is 10.1. The van der Waals surface area contributed by atoms with Crippen molar-refractivity contribution >= 4 is 10.0 Å². The standard InChI is InChI=1S/C15H17FN2O2S/c16-14-6-3-4-12(10-14)8-9-18-21(19,20)15-7-2-1-5-13(15)11-17/h1-7,10,18H,8-9,11,17H2. The van der Waals surface area contributed by atoms with Gasteiger partial charge in [-0.25, -0.2) is 17.5 Å². The second kappa shape index (κ2) is 6.80. The lowest BCUT2D eigenvalue weighted by Crippen LogP contribution is -2.27. The van der Waals surface area contributed by atoms with Gasteiger partial charge in [0.1, 0.15) is 5.82 Å². The van der Waals surface area contributed by atoms with Crippen molar-refractivity contribution in [3.63, 3.8) is 0 Å². The molecule has 0 saturated heterocycles. The molecule has 0 aliphatic rings. The highest BCUT2D eigenvalue weighted by Gasteiger charge is 2.16. The van der Waals surface area contributed by atoms with E-state index in [1.165, 1.54) is 18.2 Å². The fourth-order valence-electron chi connectivity index (χ4n) is 2.03. The van der Waals surface area contributed by atoms with E-state index in [4.69, 9.17) is 5.73 Å². The predicted molar refractivity (Wildman–Crippen MR) is 79.6 cm³/mol. The predicted octanol–water partition coefficient (Wildman–Crippen LogP) is 1.81. The molecule has 2 rings (SSSR count). The SMILES string of the molecule is NCc1ccccc1S(=O)(=O)NCCc1cccc(F)c1. The van der Waals surface area contributed by atoms with Crippen LogP contribution in [0, 0.1) is 5.82 Å². The van der Waals surface area contributed by atoms with Crippen LogP contribution >= 0.6 is 0 Å². The minimum atomic E-state index is -3.61. The zero-order valence-electron chi connectivity index (χ0n) is 11.4. The fourth-order valence-corrected chi connectivity index (χ4v) is 3.32. The number of benzene rings is 2. The van der Waals surface area contributed by atoms with Gasteiger partial charge in [-0.1, -0.05) is 30.3 Å². The van der Waals surface area contributed by atoms with Gasteiger partial charge in [0, 0.05) is 13.1 Å². The number of nitrogens with one attached hydrogen (secondary N) is 1. The quantitative estimate of drug-likeness (QED) is 0.855. The van der Waals surface area contributed by atoms with Gasteiger partial charge in [-0.2, -0.15) is 0 Å². The molecular formula is C15H17FN2O2S. The molecule has 6 heteroatoms. The Morgan fingerprint density at radius 1 is 1.10 bits per heavy atom. The molecule has 21 heavy (non-hydrogen) atoms. The Labute approximate surface area is 123 Å². The summed E-state index contributed by atoms with van der Waals surface area (Å²) in [7, 11) is -3.61. The highest BCUT2D eigenvalue weighted by molar-refractivity contribution is 7.89. The van der Waals surface area contributed by atoms with Crippen molar-refractivity contribution in [2.75, 3.05) is 6.54 Å². The number of sulfonamides is 1. The van der Waals surface area contributed by atoms with E-state index in [1.54, 1.807) is 30.3 Å². The van der Waals surface area contributed by atoms with Crippen LogP contribution in [0.15, 0.2) is 53.4 Å². The zero-order chi connectivity index (χ0) is 15.3. The Morgan fingerprint density at radius 2 is 1.86 bits per heavy atom. The van der Waals surface area contributed by atoms with Gasteiger partial charge in [0.05, 0.1) is 4.90 Å². The maximum atomic E-state index is 13.0. The Kier molecular flexibility index (Phi) is 5.06. The van der Waals surface area contributed by atoms with E-state index < -0.39 is 10.0 Å². The molecule has 112 valence electrons. The molecule has 0 amide bonds. The van der Waals surface area contributed by atoms with Crippen LogP contribution in [0.25, 0.3) is 0 Å². The molecule has 0 aliphatic heterocycles. The second-order valence-electron chi connectivity index (χ2n) is 4.59. The van der Waals surface area contributed by atoms with Crippen molar-refractivity contribution in [2.24, 2.45) is 5.73 Å². The summed E-state index contributed by atoms with van der Waals surface area (Å²) >= 11 is 0. The monoisotopic (exact) mass is 308 g/mol. The third-order valence-electron chi connectivity index (χ3n) is 3.08. The number of hydrogen-bond donors (Lipinski definition) is 2. The first-order valence-corrected chi connectivity index (χ1v) is 8.03. The molecule has 0 atom stereocenters. The molecule has 2 aromatic carbocycles. The van der Waals surface area contributed by atoms with E-state index in [-0.39, 0.29) is 23.8 Å². The van der Waals surface area contributed by atoms with Crippen LogP contribution in [0.3, 0.4) is 0 Å².